The van der Waals surface area contributed by atoms with E-state index >= 15 is 0 Å². The van der Waals surface area contributed by atoms with Gasteiger partial charge in [-0.3, -0.25) is 4.79 Å². The number of carbonyl (C=O) groups is 1. The van der Waals surface area contributed by atoms with Crippen molar-refractivity contribution in [2.45, 2.75) is 69.7 Å². The summed E-state index contributed by atoms with van der Waals surface area (Å²) < 4.78 is 32.7. The fourth-order valence-corrected chi connectivity index (χ4v) is 4.97. The van der Waals surface area contributed by atoms with Crippen LogP contribution < -0.4 is 10.1 Å². The number of rotatable bonds is 9. The van der Waals surface area contributed by atoms with Crippen LogP contribution in [0.15, 0.2) is 23.1 Å². The van der Waals surface area contributed by atoms with Gasteiger partial charge in [0.15, 0.2) is 0 Å². The fourth-order valence-electron chi connectivity index (χ4n) is 3.41. The molecule has 0 bridgehead atoms. The molecular formula is C20H32N2O4S. The predicted molar refractivity (Wildman–Crippen MR) is 106 cm³/mol. The molecule has 1 amide bonds. The third-order valence-corrected chi connectivity index (χ3v) is 7.07. The highest BCUT2D eigenvalue weighted by Gasteiger charge is 2.26. The van der Waals surface area contributed by atoms with Gasteiger partial charge in [-0.15, -0.1) is 0 Å². The molecule has 1 aliphatic rings. The van der Waals surface area contributed by atoms with Crippen LogP contribution in [0.25, 0.3) is 0 Å². The molecule has 1 aromatic rings. The highest BCUT2D eigenvalue weighted by Crippen LogP contribution is 2.27. The number of methoxy groups -OCH3 is 1. The van der Waals surface area contributed by atoms with Crippen LogP contribution in [0.2, 0.25) is 0 Å². The van der Waals surface area contributed by atoms with E-state index in [4.69, 9.17) is 4.74 Å². The first-order valence-corrected chi connectivity index (χ1v) is 11.3. The van der Waals surface area contributed by atoms with Crippen molar-refractivity contribution in [3.63, 3.8) is 0 Å². The van der Waals surface area contributed by atoms with Gasteiger partial charge in [0.25, 0.3) is 0 Å². The Balaban J connectivity index is 2.14. The quantitative estimate of drug-likeness (QED) is 0.696. The average Bonchev–Trinajstić information content (AvgIpc) is 2.70. The summed E-state index contributed by atoms with van der Waals surface area (Å²) in [6.45, 7) is 5.24. The summed E-state index contributed by atoms with van der Waals surface area (Å²) in [7, 11) is -1.94. The highest BCUT2D eigenvalue weighted by molar-refractivity contribution is 7.89. The lowest BCUT2D eigenvalue weighted by Crippen LogP contribution is -2.35. The van der Waals surface area contributed by atoms with E-state index in [2.05, 4.69) is 5.32 Å². The molecule has 1 fully saturated rings. The van der Waals surface area contributed by atoms with E-state index in [1.165, 1.54) is 0 Å². The minimum absolute atomic E-state index is 0.0185. The lowest BCUT2D eigenvalue weighted by Gasteiger charge is -2.26. The van der Waals surface area contributed by atoms with Crippen LogP contribution in [-0.2, 0) is 21.2 Å². The number of hydrogen-bond acceptors (Lipinski definition) is 4. The Labute approximate surface area is 163 Å². The molecule has 0 spiro atoms. The molecule has 7 heteroatoms. The van der Waals surface area contributed by atoms with Crippen LogP contribution in [0.1, 0.15) is 57.9 Å². The van der Waals surface area contributed by atoms with E-state index in [1.54, 1.807) is 29.6 Å². The zero-order valence-electron chi connectivity index (χ0n) is 16.7. The summed E-state index contributed by atoms with van der Waals surface area (Å²) in [5.74, 6) is 0.595. The van der Waals surface area contributed by atoms with Gasteiger partial charge in [-0.05, 0) is 55.9 Å². The molecule has 0 unspecified atom stereocenters. The molecule has 152 valence electrons. The smallest absolute Gasteiger partial charge is 0.243 e. The lowest BCUT2D eigenvalue weighted by molar-refractivity contribution is -0.121. The highest BCUT2D eigenvalue weighted by atomic mass is 32.2. The number of benzene rings is 1. The molecule has 1 aliphatic heterocycles. The van der Waals surface area contributed by atoms with Gasteiger partial charge < -0.3 is 10.1 Å². The Morgan fingerprint density at radius 3 is 2.44 bits per heavy atom. The van der Waals surface area contributed by atoms with Crippen LogP contribution in [0.3, 0.4) is 0 Å². The van der Waals surface area contributed by atoms with Crippen molar-refractivity contribution in [2.75, 3.05) is 20.2 Å². The molecule has 0 saturated carbocycles. The molecule has 6 nitrogen and oxygen atoms in total. The van der Waals surface area contributed by atoms with E-state index < -0.39 is 10.0 Å². The van der Waals surface area contributed by atoms with E-state index in [1.807, 2.05) is 13.8 Å². The summed E-state index contributed by atoms with van der Waals surface area (Å²) >= 11 is 0. The monoisotopic (exact) mass is 396 g/mol. The van der Waals surface area contributed by atoms with Crippen molar-refractivity contribution in [1.29, 1.82) is 0 Å². The molecule has 0 atom stereocenters. The van der Waals surface area contributed by atoms with E-state index in [0.717, 1.165) is 37.7 Å². The van der Waals surface area contributed by atoms with Gasteiger partial charge in [0.05, 0.1) is 12.0 Å². The summed E-state index contributed by atoms with van der Waals surface area (Å²) in [4.78, 5) is 12.5. The Morgan fingerprint density at radius 1 is 1.19 bits per heavy atom. The van der Waals surface area contributed by atoms with Gasteiger partial charge in [-0.2, -0.15) is 4.31 Å². The molecule has 1 N–H and O–H groups in total. The Hall–Kier alpha value is -1.60. The van der Waals surface area contributed by atoms with Crippen LogP contribution >= 0.6 is 0 Å². The van der Waals surface area contributed by atoms with Crippen molar-refractivity contribution in [3.05, 3.63) is 23.8 Å². The van der Waals surface area contributed by atoms with Crippen molar-refractivity contribution >= 4 is 15.9 Å². The molecule has 1 heterocycles. The Bertz CT molecular complexity index is 723. The first-order valence-electron chi connectivity index (χ1n) is 9.88. The van der Waals surface area contributed by atoms with E-state index in [-0.39, 0.29) is 16.8 Å². The van der Waals surface area contributed by atoms with Crippen molar-refractivity contribution in [1.82, 2.24) is 9.62 Å². The third kappa shape index (κ3) is 5.69. The van der Waals surface area contributed by atoms with E-state index in [9.17, 15) is 13.2 Å². The van der Waals surface area contributed by atoms with Crippen LogP contribution in [0.4, 0.5) is 0 Å². The summed E-state index contributed by atoms with van der Waals surface area (Å²) in [6, 6.07) is 5.12. The van der Waals surface area contributed by atoms with Crippen molar-refractivity contribution in [3.8, 4) is 5.75 Å². The molecule has 27 heavy (non-hydrogen) atoms. The van der Waals surface area contributed by atoms with Crippen molar-refractivity contribution in [2.24, 2.45) is 0 Å². The number of ether oxygens (including phenoxy) is 1. The number of nitrogens with zero attached hydrogens (tertiary/aromatic N) is 1. The number of aryl methyl sites for hydroxylation is 1. The van der Waals surface area contributed by atoms with Crippen LogP contribution in [0.5, 0.6) is 5.75 Å². The second kappa shape index (κ2) is 10.1. The largest absolute Gasteiger partial charge is 0.496 e. The topological polar surface area (TPSA) is 75.7 Å². The number of carbonyl (C=O) groups excluding carboxylic acids is 1. The molecule has 1 saturated heterocycles. The molecule has 1 aromatic carbocycles. The predicted octanol–water partition coefficient (Wildman–Crippen LogP) is 3.11. The SMILES string of the molecule is CCC(CC)NC(=O)CCc1cc(S(=O)(=O)N2CCCCC2)ccc1OC. The summed E-state index contributed by atoms with van der Waals surface area (Å²) in [5, 5.41) is 3.01. The van der Waals surface area contributed by atoms with Gasteiger partial charge in [0, 0.05) is 25.6 Å². The second-order valence-corrected chi connectivity index (χ2v) is 8.96. The Kier molecular flexibility index (Phi) is 8.10. The number of sulfonamides is 1. The molecule has 2 rings (SSSR count). The maximum atomic E-state index is 12.9. The van der Waals surface area contributed by atoms with Crippen LogP contribution in [0, 0.1) is 0 Å². The minimum Gasteiger partial charge on any atom is -0.496 e. The summed E-state index contributed by atoms with van der Waals surface area (Å²) in [6.07, 6.45) is 5.42. The first-order chi connectivity index (χ1) is 12.9. The van der Waals surface area contributed by atoms with Gasteiger partial charge >= 0.3 is 0 Å². The van der Waals surface area contributed by atoms with Crippen molar-refractivity contribution < 1.29 is 17.9 Å². The standard InChI is InChI=1S/C20H32N2O4S/c1-4-17(5-2)21-20(23)12-9-16-15-18(10-11-19(16)26-3)27(24,25)22-13-7-6-8-14-22/h10-11,15,17H,4-9,12-14H2,1-3H3,(H,21,23). The van der Waals surface area contributed by atoms with E-state index in [0.29, 0.717) is 31.7 Å². The molecule has 0 aromatic heterocycles. The zero-order valence-corrected chi connectivity index (χ0v) is 17.5. The van der Waals surface area contributed by atoms with Crippen LogP contribution in [-0.4, -0.2) is 44.9 Å². The molecular weight excluding hydrogens is 364 g/mol. The van der Waals surface area contributed by atoms with Gasteiger partial charge in [0.2, 0.25) is 15.9 Å². The normalized spacial score (nSPS) is 15.7. The molecule has 0 radical (unpaired) electrons. The van der Waals surface area contributed by atoms with Gasteiger partial charge in [0.1, 0.15) is 5.75 Å². The van der Waals surface area contributed by atoms with Gasteiger partial charge in [-0.1, -0.05) is 20.3 Å². The average molecular weight is 397 g/mol. The summed E-state index contributed by atoms with van der Waals surface area (Å²) in [5.41, 5.74) is 0.746. The lowest BCUT2D eigenvalue weighted by atomic mass is 10.1. The minimum atomic E-state index is -3.50. The number of amides is 1. The first kappa shape index (κ1) is 21.7. The van der Waals surface area contributed by atoms with Gasteiger partial charge in [-0.25, -0.2) is 8.42 Å². The number of piperidine rings is 1. The maximum absolute atomic E-state index is 12.9. The second-order valence-electron chi connectivity index (χ2n) is 7.02. The fraction of sp³-hybridized carbons (Fsp3) is 0.650. The number of hydrogen-bond donors (Lipinski definition) is 1. The zero-order chi connectivity index (χ0) is 19.9. The third-order valence-electron chi connectivity index (χ3n) is 5.18. The number of nitrogens with one attached hydrogen (secondary N) is 1. The molecule has 0 aliphatic carbocycles. The Morgan fingerprint density at radius 2 is 1.85 bits per heavy atom. The maximum Gasteiger partial charge on any atom is 0.243 e.